The number of benzene rings is 1. The van der Waals surface area contributed by atoms with Gasteiger partial charge in [0.25, 0.3) is 0 Å². The summed E-state index contributed by atoms with van der Waals surface area (Å²) in [7, 11) is 0. The number of alkyl halides is 1. The second kappa shape index (κ2) is 7.63. The Kier molecular flexibility index (Phi) is 6.14. The number of hydrogen-bond acceptors (Lipinski definition) is 1. The number of aryl methyl sites for hydroxylation is 1. The SMILES string of the molecule is CC1CCC(CI)(OCCCc2ccccc2)CC1. The zero-order valence-electron chi connectivity index (χ0n) is 11.9. The molecule has 0 heterocycles. The highest BCUT2D eigenvalue weighted by Crippen LogP contribution is 2.36. The topological polar surface area (TPSA) is 9.23 Å². The summed E-state index contributed by atoms with van der Waals surface area (Å²) in [5.41, 5.74) is 1.61. The van der Waals surface area contributed by atoms with Crippen molar-refractivity contribution in [1.82, 2.24) is 0 Å². The average Bonchev–Trinajstić information content (AvgIpc) is 2.47. The maximum atomic E-state index is 6.28. The Morgan fingerprint density at radius 3 is 2.53 bits per heavy atom. The second-order valence-corrected chi connectivity index (χ2v) is 6.70. The van der Waals surface area contributed by atoms with Crippen molar-refractivity contribution in [3.63, 3.8) is 0 Å². The van der Waals surface area contributed by atoms with Crippen molar-refractivity contribution in [3.8, 4) is 0 Å². The summed E-state index contributed by atoms with van der Waals surface area (Å²) in [4.78, 5) is 0. The first kappa shape index (κ1) is 15.3. The third kappa shape index (κ3) is 4.75. The first-order valence-corrected chi connectivity index (χ1v) is 9.00. The largest absolute Gasteiger partial charge is 0.374 e. The summed E-state index contributed by atoms with van der Waals surface area (Å²) >= 11 is 2.50. The molecule has 1 aliphatic rings. The molecule has 1 aromatic rings. The molecule has 1 saturated carbocycles. The fourth-order valence-electron chi connectivity index (χ4n) is 2.81. The maximum absolute atomic E-state index is 6.28. The van der Waals surface area contributed by atoms with Gasteiger partial charge in [0.15, 0.2) is 0 Å². The molecule has 0 radical (unpaired) electrons. The van der Waals surface area contributed by atoms with Crippen LogP contribution in [0.1, 0.15) is 44.6 Å². The van der Waals surface area contributed by atoms with E-state index in [9.17, 15) is 0 Å². The van der Waals surface area contributed by atoms with E-state index >= 15 is 0 Å². The van der Waals surface area contributed by atoms with Gasteiger partial charge in [-0.05, 0) is 50.0 Å². The molecule has 2 heteroatoms. The minimum absolute atomic E-state index is 0.184. The monoisotopic (exact) mass is 372 g/mol. The first-order valence-electron chi connectivity index (χ1n) is 7.48. The molecule has 0 spiro atoms. The van der Waals surface area contributed by atoms with E-state index in [0.29, 0.717) is 0 Å². The van der Waals surface area contributed by atoms with E-state index in [4.69, 9.17) is 4.74 Å². The van der Waals surface area contributed by atoms with Crippen LogP contribution in [-0.4, -0.2) is 16.6 Å². The molecule has 0 saturated heterocycles. The van der Waals surface area contributed by atoms with E-state index in [1.807, 2.05) is 0 Å². The Morgan fingerprint density at radius 1 is 1.21 bits per heavy atom. The molecule has 106 valence electrons. The van der Waals surface area contributed by atoms with Crippen LogP contribution in [0.25, 0.3) is 0 Å². The molecule has 0 atom stereocenters. The molecule has 2 rings (SSSR count). The highest BCUT2D eigenvalue weighted by molar-refractivity contribution is 14.1. The molecular weight excluding hydrogens is 347 g/mol. The summed E-state index contributed by atoms with van der Waals surface area (Å²) in [6, 6.07) is 10.7. The van der Waals surface area contributed by atoms with Crippen molar-refractivity contribution in [1.29, 1.82) is 0 Å². The van der Waals surface area contributed by atoms with Crippen LogP contribution in [0, 0.1) is 5.92 Å². The zero-order chi connectivity index (χ0) is 13.6. The van der Waals surface area contributed by atoms with E-state index in [1.54, 1.807) is 0 Å². The van der Waals surface area contributed by atoms with E-state index in [-0.39, 0.29) is 5.60 Å². The van der Waals surface area contributed by atoms with Crippen LogP contribution in [0.3, 0.4) is 0 Å². The van der Waals surface area contributed by atoms with Crippen molar-refractivity contribution < 1.29 is 4.74 Å². The van der Waals surface area contributed by atoms with Crippen molar-refractivity contribution in [2.24, 2.45) is 5.92 Å². The Balaban J connectivity index is 1.72. The minimum Gasteiger partial charge on any atom is -0.374 e. The normalized spacial score (nSPS) is 27.4. The summed E-state index contributed by atoms with van der Waals surface area (Å²) in [5.74, 6) is 0.893. The third-order valence-electron chi connectivity index (χ3n) is 4.29. The first-order chi connectivity index (χ1) is 9.24. The number of rotatable bonds is 6. The van der Waals surface area contributed by atoms with Gasteiger partial charge in [-0.15, -0.1) is 0 Å². The molecular formula is C17H25IO. The molecule has 0 aliphatic heterocycles. The quantitative estimate of drug-likeness (QED) is 0.387. The maximum Gasteiger partial charge on any atom is 0.0771 e. The molecule has 1 nitrogen and oxygen atoms in total. The standard InChI is InChI=1S/C17H25IO/c1-15-9-11-17(14-18,12-10-15)19-13-5-8-16-6-3-2-4-7-16/h2-4,6-7,15H,5,8-14H2,1H3. The predicted octanol–water partition coefficient (Wildman–Crippen LogP) is 5.02. The lowest BCUT2D eigenvalue weighted by molar-refractivity contribution is -0.0580. The molecule has 0 unspecified atom stereocenters. The predicted molar refractivity (Wildman–Crippen MR) is 90.0 cm³/mol. The second-order valence-electron chi connectivity index (χ2n) is 5.94. The van der Waals surface area contributed by atoms with Crippen LogP contribution in [0.15, 0.2) is 30.3 Å². The van der Waals surface area contributed by atoms with Crippen LogP contribution < -0.4 is 0 Å². The van der Waals surface area contributed by atoms with E-state index in [2.05, 4.69) is 59.8 Å². The average molecular weight is 372 g/mol. The van der Waals surface area contributed by atoms with Gasteiger partial charge in [0, 0.05) is 11.0 Å². The van der Waals surface area contributed by atoms with Crippen LogP contribution in [0.5, 0.6) is 0 Å². The van der Waals surface area contributed by atoms with Gasteiger partial charge in [-0.2, -0.15) is 0 Å². The summed E-state index contributed by atoms with van der Waals surface area (Å²) in [6.45, 7) is 3.28. The third-order valence-corrected chi connectivity index (χ3v) is 5.68. The lowest BCUT2D eigenvalue weighted by Crippen LogP contribution is -2.38. The van der Waals surface area contributed by atoms with Gasteiger partial charge in [-0.25, -0.2) is 0 Å². The highest BCUT2D eigenvalue weighted by atomic mass is 127. The summed E-state index contributed by atoms with van der Waals surface area (Å²) < 4.78 is 7.42. The lowest BCUT2D eigenvalue weighted by Gasteiger charge is -2.38. The van der Waals surface area contributed by atoms with Crippen LogP contribution in [-0.2, 0) is 11.2 Å². The van der Waals surface area contributed by atoms with Crippen LogP contribution >= 0.6 is 22.6 Å². The Morgan fingerprint density at radius 2 is 1.89 bits per heavy atom. The van der Waals surface area contributed by atoms with Gasteiger partial charge in [0.05, 0.1) is 5.60 Å². The van der Waals surface area contributed by atoms with Gasteiger partial charge in [-0.3, -0.25) is 0 Å². The van der Waals surface area contributed by atoms with Gasteiger partial charge in [-0.1, -0.05) is 59.8 Å². The van der Waals surface area contributed by atoms with E-state index < -0.39 is 0 Å². The summed E-state index contributed by atoms with van der Waals surface area (Å²) in [6.07, 6.45) is 7.45. The molecule has 1 fully saturated rings. The Bertz CT molecular complexity index is 355. The summed E-state index contributed by atoms with van der Waals surface area (Å²) in [5, 5.41) is 0. The fraction of sp³-hybridized carbons (Fsp3) is 0.647. The van der Waals surface area contributed by atoms with Gasteiger partial charge in [0.1, 0.15) is 0 Å². The van der Waals surface area contributed by atoms with Crippen molar-refractivity contribution in [3.05, 3.63) is 35.9 Å². The molecule has 0 amide bonds. The number of hydrogen-bond donors (Lipinski definition) is 0. The molecule has 1 aliphatic carbocycles. The van der Waals surface area contributed by atoms with Crippen LogP contribution in [0.4, 0.5) is 0 Å². The zero-order valence-corrected chi connectivity index (χ0v) is 14.1. The van der Waals surface area contributed by atoms with Crippen molar-refractivity contribution in [2.45, 2.75) is 51.0 Å². The number of halogens is 1. The molecule has 19 heavy (non-hydrogen) atoms. The van der Waals surface area contributed by atoms with Crippen molar-refractivity contribution in [2.75, 3.05) is 11.0 Å². The molecule has 1 aromatic carbocycles. The van der Waals surface area contributed by atoms with E-state index in [1.165, 1.54) is 31.2 Å². The lowest BCUT2D eigenvalue weighted by atomic mass is 9.80. The minimum atomic E-state index is 0.184. The van der Waals surface area contributed by atoms with Crippen molar-refractivity contribution >= 4 is 22.6 Å². The highest BCUT2D eigenvalue weighted by Gasteiger charge is 2.33. The number of ether oxygens (including phenoxy) is 1. The Labute approximate surface area is 131 Å². The van der Waals surface area contributed by atoms with E-state index in [0.717, 1.165) is 29.8 Å². The Hall–Kier alpha value is -0.0900. The van der Waals surface area contributed by atoms with Gasteiger partial charge >= 0.3 is 0 Å². The molecule has 0 aromatic heterocycles. The van der Waals surface area contributed by atoms with Gasteiger partial charge < -0.3 is 4.74 Å². The fourth-order valence-corrected chi connectivity index (χ4v) is 3.80. The van der Waals surface area contributed by atoms with Crippen LogP contribution in [0.2, 0.25) is 0 Å². The molecule has 0 N–H and O–H groups in total. The molecule has 0 bridgehead atoms. The van der Waals surface area contributed by atoms with Gasteiger partial charge in [0.2, 0.25) is 0 Å². The smallest absolute Gasteiger partial charge is 0.0771 e.